The molecule has 0 aliphatic carbocycles. The van der Waals surface area contributed by atoms with Gasteiger partial charge in [-0.3, -0.25) is 14.2 Å². The summed E-state index contributed by atoms with van der Waals surface area (Å²) >= 11 is 2.71. The number of fused-ring (bicyclic) bond motifs is 1. The molecule has 1 fully saturated rings. The van der Waals surface area contributed by atoms with Crippen molar-refractivity contribution in [1.82, 2.24) is 9.47 Å². The summed E-state index contributed by atoms with van der Waals surface area (Å²) < 4.78 is 24.6. The van der Waals surface area contributed by atoms with Crippen LogP contribution in [0.25, 0.3) is 11.8 Å². The molecule has 0 bridgehead atoms. The molecule has 0 saturated carbocycles. The Bertz CT molecular complexity index is 1920. The average Bonchev–Trinajstić information content (AvgIpc) is 3.73. The topological polar surface area (TPSA) is 109 Å². The van der Waals surface area contributed by atoms with Crippen LogP contribution in [0.15, 0.2) is 81.4 Å². The number of hydrogen-bond donors (Lipinski definition) is 0. The molecular weight excluding hydrogens is 627 g/mol. The molecular formula is C34H33N3O7S2. The van der Waals surface area contributed by atoms with Crippen molar-refractivity contribution < 1.29 is 28.5 Å². The van der Waals surface area contributed by atoms with Crippen LogP contribution in [0, 0.1) is 0 Å². The molecule has 6 rings (SSSR count). The molecule has 4 aromatic rings. The number of carbonyl (C=O) groups is 2. The predicted octanol–water partition coefficient (Wildman–Crippen LogP) is 3.63. The molecule has 0 radical (unpaired) electrons. The van der Waals surface area contributed by atoms with E-state index in [0.717, 1.165) is 10.4 Å². The predicted molar refractivity (Wildman–Crippen MR) is 176 cm³/mol. The zero-order valence-corrected chi connectivity index (χ0v) is 27.1. The van der Waals surface area contributed by atoms with E-state index in [1.807, 2.05) is 60.8 Å². The highest BCUT2D eigenvalue weighted by atomic mass is 32.1. The SMILES string of the molecule is CCOC(=O)C1=C(c2ccccc2)N=c2s/c(=C/c3ccc(OCC(=O)N4CCOCC4)c(OCC)c3)c(=O)n2[C@H]1c1cccs1. The van der Waals surface area contributed by atoms with Crippen LogP contribution in [0.2, 0.25) is 0 Å². The number of aromatic nitrogens is 1. The number of carbonyl (C=O) groups excluding carboxylic acids is 2. The molecule has 2 aliphatic rings. The summed E-state index contributed by atoms with van der Waals surface area (Å²) in [5, 5.41) is 1.92. The van der Waals surface area contributed by atoms with E-state index in [2.05, 4.69) is 0 Å². The van der Waals surface area contributed by atoms with Gasteiger partial charge in [-0.2, -0.15) is 0 Å². The maximum Gasteiger partial charge on any atom is 0.338 e. The number of morpholine rings is 1. The lowest BCUT2D eigenvalue weighted by molar-refractivity contribution is -0.139. The highest BCUT2D eigenvalue weighted by Crippen LogP contribution is 2.37. The number of nitrogens with zero attached hydrogens (tertiary/aromatic N) is 3. The van der Waals surface area contributed by atoms with Gasteiger partial charge in [-0.1, -0.05) is 53.8 Å². The Balaban J connectivity index is 1.40. The van der Waals surface area contributed by atoms with Gasteiger partial charge in [-0.05, 0) is 49.1 Å². The summed E-state index contributed by atoms with van der Waals surface area (Å²) in [6, 6.07) is 17.9. The third-order valence-corrected chi connectivity index (χ3v) is 9.37. The lowest BCUT2D eigenvalue weighted by atomic mass is 9.97. The fourth-order valence-electron chi connectivity index (χ4n) is 5.35. The lowest BCUT2D eigenvalue weighted by Crippen LogP contribution is -2.43. The van der Waals surface area contributed by atoms with Crippen LogP contribution in [-0.4, -0.2) is 67.5 Å². The van der Waals surface area contributed by atoms with Crippen molar-refractivity contribution in [1.29, 1.82) is 0 Å². The number of ether oxygens (including phenoxy) is 4. The van der Waals surface area contributed by atoms with Gasteiger partial charge in [0.25, 0.3) is 11.5 Å². The Hall–Kier alpha value is -4.52. The first-order valence-electron chi connectivity index (χ1n) is 15.1. The van der Waals surface area contributed by atoms with Crippen LogP contribution < -0.4 is 24.4 Å². The Kier molecular flexibility index (Phi) is 9.76. The van der Waals surface area contributed by atoms with E-state index in [4.69, 9.17) is 23.9 Å². The number of thiazole rings is 1. The summed E-state index contributed by atoms with van der Waals surface area (Å²) in [6.07, 6.45) is 1.77. The minimum Gasteiger partial charge on any atom is -0.490 e. The van der Waals surface area contributed by atoms with Gasteiger partial charge < -0.3 is 23.8 Å². The van der Waals surface area contributed by atoms with Crippen molar-refractivity contribution >= 4 is 46.3 Å². The molecule has 10 nitrogen and oxygen atoms in total. The van der Waals surface area contributed by atoms with E-state index in [-0.39, 0.29) is 24.7 Å². The van der Waals surface area contributed by atoms with E-state index in [0.29, 0.717) is 70.6 Å². The molecule has 4 heterocycles. The number of esters is 1. The van der Waals surface area contributed by atoms with Crippen LogP contribution in [0.5, 0.6) is 11.5 Å². The van der Waals surface area contributed by atoms with Crippen LogP contribution >= 0.6 is 22.7 Å². The molecule has 238 valence electrons. The average molecular weight is 660 g/mol. The minimum atomic E-state index is -0.702. The monoisotopic (exact) mass is 659 g/mol. The van der Waals surface area contributed by atoms with Gasteiger partial charge in [0.2, 0.25) is 0 Å². The molecule has 0 N–H and O–H groups in total. The number of amides is 1. The van der Waals surface area contributed by atoms with Crippen molar-refractivity contribution in [3.63, 3.8) is 0 Å². The first-order chi connectivity index (χ1) is 22.5. The minimum absolute atomic E-state index is 0.117. The summed E-state index contributed by atoms with van der Waals surface area (Å²) in [6.45, 7) is 6.19. The van der Waals surface area contributed by atoms with Crippen molar-refractivity contribution in [2.24, 2.45) is 4.99 Å². The van der Waals surface area contributed by atoms with Gasteiger partial charge in [0.15, 0.2) is 22.9 Å². The van der Waals surface area contributed by atoms with Crippen molar-refractivity contribution in [2.75, 3.05) is 46.1 Å². The number of benzene rings is 2. The van der Waals surface area contributed by atoms with Crippen molar-refractivity contribution in [2.45, 2.75) is 19.9 Å². The van der Waals surface area contributed by atoms with Gasteiger partial charge in [0, 0.05) is 23.5 Å². The van der Waals surface area contributed by atoms with E-state index in [1.165, 1.54) is 22.7 Å². The van der Waals surface area contributed by atoms with Crippen molar-refractivity contribution in [3.05, 3.63) is 107 Å². The Morgan fingerprint density at radius 1 is 1.00 bits per heavy atom. The van der Waals surface area contributed by atoms with Crippen molar-refractivity contribution in [3.8, 4) is 11.5 Å². The molecule has 12 heteroatoms. The number of hydrogen-bond acceptors (Lipinski definition) is 10. The third-order valence-electron chi connectivity index (χ3n) is 7.47. The van der Waals surface area contributed by atoms with Crippen LogP contribution in [0.1, 0.15) is 35.9 Å². The standard InChI is InChI=1S/C34H33N3O7S2/c1-3-42-25-19-22(12-13-24(25)44-21-28(38)36-14-16-41-17-15-36)20-27-32(39)37-31(26-11-8-18-45-26)29(33(40)43-4-2)30(35-34(37)46-27)23-9-6-5-7-10-23/h5-13,18-20,31H,3-4,14-17,21H2,1-2H3/b27-20+/t31-/m0/s1. The molecule has 1 atom stereocenters. The van der Waals surface area contributed by atoms with E-state index >= 15 is 0 Å². The van der Waals surface area contributed by atoms with E-state index < -0.39 is 12.0 Å². The quantitative estimate of drug-likeness (QED) is 0.239. The summed E-state index contributed by atoms with van der Waals surface area (Å²) in [5.74, 6) is 0.271. The third kappa shape index (κ3) is 6.55. The summed E-state index contributed by atoms with van der Waals surface area (Å²) in [5.41, 5.74) is 2.00. The Labute approximate surface area is 273 Å². The van der Waals surface area contributed by atoms with E-state index in [9.17, 15) is 14.4 Å². The smallest absolute Gasteiger partial charge is 0.338 e. The fourth-order valence-corrected chi connectivity index (χ4v) is 7.18. The second-order valence-electron chi connectivity index (χ2n) is 10.4. The zero-order valence-electron chi connectivity index (χ0n) is 25.5. The lowest BCUT2D eigenvalue weighted by Gasteiger charge is -2.26. The van der Waals surface area contributed by atoms with Gasteiger partial charge in [0.1, 0.15) is 6.04 Å². The maximum absolute atomic E-state index is 14.1. The molecule has 2 aliphatic heterocycles. The second kappa shape index (κ2) is 14.3. The first-order valence-corrected chi connectivity index (χ1v) is 16.7. The molecule has 0 spiro atoms. The van der Waals surface area contributed by atoms with E-state index in [1.54, 1.807) is 34.6 Å². The molecule has 46 heavy (non-hydrogen) atoms. The maximum atomic E-state index is 14.1. The Morgan fingerprint density at radius 3 is 2.52 bits per heavy atom. The molecule has 0 unspecified atom stereocenters. The first kappa shape index (κ1) is 31.5. The van der Waals surface area contributed by atoms with Crippen LogP contribution in [-0.2, 0) is 19.1 Å². The largest absolute Gasteiger partial charge is 0.490 e. The summed E-state index contributed by atoms with van der Waals surface area (Å²) in [7, 11) is 0. The number of thiophene rings is 1. The Morgan fingerprint density at radius 2 is 1.80 bits per heavy atom. The zero-order chi connectivity index (χ0) is 32.0. The van der Waals surface area contributed by atoms with Gasteiger partial charge in [0.05, 0.1) is 42.2 Å². The van der Waals surface area contributed by atoms with Gasteiger partial charge in [-0.15, -0.1) is 11.3 Å². The molecule has 1 amide bonds. The molecule has 2 aromatic heterocycles. The summed E-state index contributed by atoms with van der Waals surface area (Å²) in [4.78, 5) is 48.2. The fraction of sp³-hybridized carbons (Fsp3) is 0.294. The highest BCUT2D eigenvalue weighted by Gasteiger charge is 2.35. The van der Waals surface area contributed by atoms with Gasteiger partial charge in [-0.25, -0.2) is 9.79 Å². The normalized spacial score (nSPS) is 16.5. The molecule has 2 aromatic carbocycles. The van der Waals surface area contributed by atoms with Gasteiger partial charge >= 0.3 is 5.97 Å². The molecule has 1 saturated heterocycles. The second-order valence-corrected chi connectivity index (χ2v) is 12.4. The van der Waals surface area contributed by atoms with Crippen LogP contribution in [0.3, 0.4) is 0 Å². The highest BCUT2D eigenvalue weighted by molar-refractivity contribution is 7.10. The number of rotatable bonds is 10. The van der Waals surface area contributed by atoms with Crippen LogP contribution in [0.4, 0.5) is 0 Å².